The second-order valence-corrected chi connectivity index (χ2v) is 9.77. The van der Waals surface area contributed by atoms with E-state index in [-0.39, 0.29) is 25.5 Å². The zero-order valence-electron chi connectivity index (χ0n) is 22.6. The van der Waals surface area contributed by atoms with Crippen LogP contribution in [-0.4, -0.2) is 9.97 Å². The molecule has 3 heteroatoms. The number of hydrogen-bond donors (Lipinski definition) is 0. The van der Waals surface area contributed by atoms with Gasteiger partial charge in [-0.15, -0.1) is 70.8 Å². The van der Waals surface area contributed by atoms with Gasteiger partial charge in [0.25, 0.3) is 0 Å². The third kappa shape index (κ3) is 7.07. The average molecular weight is 695 g/mol. The van der Waals surface area contributed by atoms with E-state index < -0.39 is 0 Å². The Labute approximate surface area is 251 Å². The summed E-state index contributed by atoms with van der Waals surface area (Å²) in [5.74, 6) is 0. The average Bonchev–Trinajstić information content (AvgIpc) is 3.03. The fourth-order valence-electron chi connectivity index (χ4n) is 4.49. The molecule has 2 nitrogen and oxygen atoms in total. The van der Waals surface area contributed by atoms with Gasteiger partial charge in [-0.25, -0.2) is 0 Å². The van der Waals surface area contributed by atoms with Crippen molar-refractivity contribution in [2.45, 2.75) is 19.3 Å². The first-order chi connectivity index (χ1) is 19.1. The molecule has 0 amide bonds. The molecule has 0 atom stereocenters. The summed E-state index contributed by atoms with van der Waals surface area (Å²) in [4.78, 5) is 8.77. The molecule has 6 rings (SSSR count). The zero-order chi connectivity index (χ0) is 26.9. The molecule has 0 bridgehead atoms. The first-order valence-electron chi connectivity index (χ1n) is 13.1. The standard InChI is InChI=1S/C20H18N.C17H12N.Ir/c1-20(2,17-10-4-3-5-11-17)18-12-8-9-16(15-18)19-13-6-7-14-21-19;1-2-7-14(8-3-1)15-9-6-10-16(13-15)17-11-4-5-12-18-17;/h3-8,10-15H,1-2H3;1-9,11-13H;/q2*-1;. The second kappa shape index (κ2) is 13.8. The Bertz CT molecular complexity index is 1550. The molecule has 0 saturated heterocycles. The summed E-state index contributed by atoms with van der Waals surface area (Å²) in [5.41, 5.74) is 8.92. The van der Waals surface area contributed by atoms with Crippen LogP contribution in [0.4, 0.5) is 0 Å². The molecule has 0 aliphatic rings. The molecule has 2 aromatic heterocycles. The summed E-state index contributed by atoms with van der Waals surface area (Å²) in [6, 6.07) is 51.8. The van der Waals surface area contributed by atoms with Gasteiger partial charge >= 0.3 is 0 Å². The molecular formula is C37H30IrN2-2. The van der Waals surface area contributed by atoms with E-state index in [1.54, 1.807) is 6.20 Å². The first kappa shape index (κ1) is 28.8. The van der Waals surface area contributed by atoms with Crippen molar-refractivity contribution in [1.82, 2.24) is 9.97 Å². The molecule has 2 heterocycles. The van der Waals surface area contributed by atoms with Crippen LogP contribution >= 0.6 is 0 Å². The molecule has 0 aliphatic carbocycles. The number of aromatic nitrogens is 2. The number of benzene rings is 4. The van der Waals surface area contributed by atoms with Gasteiger partial charge in [-0.2, -0.15) is 0 Å². The van der Waals surface area contributed by atoms with Crippen LogP contribution in [0.3, 0.4) is 0 Å². The van der Waals surface area contributed by atoms with Crippen LogP contribution in [-0.2, 0) is 25.5 Å². The van der Waals surface area contributed by atoms with E-state index in [0.717, 1.165) is 22.5 Å². The molecule has 4 aromatic carbocycles. The Morgan fingerprint density at radius 1 is 0.500 bits per heavy atom. The molecular weight excluding hydrogens is 665 g/mol. The minimum absolute atomic E-state index is 0. The summed E-state index contributed by atoms with van der Waals surface area (Å²) < 4.78 is 0. The summed E-state index contributed by atoms with van der Waals surface area (Å²) >= 11 is 0. The monoisotopic (exact) mass is 695 g/mol. The normalized spacial score (nSPS) is 10.6. The minimum Gasteiger partial charge on any atom is -0.305 e. The van der Waals surface area contributed by atoms with Gasteiger partial charge in [-0.05, 0) is 40.1 Å². The van der Waals surface area contributed by atoms with Crippen LogP contribution in [0.25, 0.3) is 33.6 Å². The maximum Gasteiger partial charge on any atom is 0.0160 e. The molecule has 199 valence electrons. The van der Waals surface area contributed by atoms with Crippen molar-refractivity contribution in [3.8, 4) is 33.6 Å². The Morgan fingerprint density at radius 2 is 1.02 bits per heavy atom. The Balaban J connectivity index is 0.000000182. The van der Waals surface area contributed by atoms with Crippen LogP contribution in [0, 0.1) is 12.1 Å². The van der Waals surface area contributed by atoms with Crippen molar-refractivity contribution in [2.24, 2.45) is 0 Å². The first-order valence-corrected chi connectivity index (χ1v) is 13.1. The molecule has 0 unspecified atom stereocenters. The van der Waals surface area contributed by atoms with E-state index in [1.165, 1.54) is 22.3 Å². The SMILES string of the molecule is CC(C)(c1ccccc1)c1cc[c-]c(-c2ccccn2)c1.[Ir].[c-]1ccc(-c2ccccc2)cc1-c1ccccn1. The van der Waals surface area contributed by atoms with Gasteiger partial charge in [0, 0.05) is 32.5 Å². The van der Waals surface area contributed by atoms with Crippen LogP contribution in [0.15, 0.2) is 146 Å². The zero-order valence-corrected chi connectivity index (χ0v) is 25.0. The molecule has 6 aromatic rings. The largest absolute Gasteiger partial charge is 0.305 e. The summed E-state index contributed by atoms with van der Waals surface area (Å²) in [7, 11) is 0. The van der Waals surface area contributed by atoms with Crippen molar-refractivity contribution in [1.29, 1.82) is 0 Å². The number of pyridine rings is 2. The van der Waals surface area contributed by atoms with Gasteiger partial charge in [0.2, 0.25) is 0 Å². The summed E-state index contributed by atoms with van der Waals surface area (Å²) in [6.45, 7) is 4.50. The smallest absolute Gasteiger partial charge is 0.0160 e. The number of nitrogens with zero attached hydrogens (tertiary/aromatic N) is 2. The van der Waals surface area contributed by atoms with Gasteiger partial charge in [0.05, 0.1) is 0 Å². The molecule has 0 N–H and O–H groups in total. The van der Waals surface area contributed by atoms with Gasteiger partial charge in [0.1, 0.15) is 0 Å². The van der Waals surface area contributed by atoms with Crippen LogP contribution < -0.4 is 0 Å². The van der Waals surface area contributed by atoms with Crippen LogP contribution in [0.5, 0.6) is 0 Å². The Morgan fingerprint density at radius 3 is 1.60 bits per heavy atom. The molecule has 0 spiro atoms. The molecule has 1 radical (unpaired) electrons. The van der Waals surface area contributed by atoms with Gasteiger partial charge in [-0.3, -0.25) is 0 Å². The predicted octanol–water partition coefficient (Wildman–Crippen LogP) is 9.09. The third-order valence-corrected chi connectivity index (χ3v) is 6.81. The third-order valence-electron chi connectivity index (χ3n) is 6.81. The van der Waals surface area contributed by atoms with Gasteiger partial charge < -0.3 is 9.97 Å². The fraction of sp³-hybridized carbons (Fsp3) is 0.0811. The second-order valence-electron chi connectivity index (χ2n) is 9.77. The Kier molecular flexibility index (Phi) is 9.91. The summed E-state index contributed by atoms with van der Waals surface area (Å²) in [5, 5.41) is 0. The van der Waals surface area contributed by atoms with E-state index in [4.69, 9.17) is 0 Å². The van der Waals surface area contributed by atoms with Gasteiger partial charge in [0.15, 0.2) is 0 Å². The van der Waals surface area contributed by atoms with Crippen molar-refractivity contribution in [2.75, 3.05) is 0 Å². The van der Waals surface area contributed by atoms with E-state index >= 15 is 0 Å². The van der Waals surface area contributed by atoms with E-state index in [2.05, 4.69) is 103 Å². The van der Waals surface area contributed by atoms with E-state index in [9.17, 15) is 0 Å². The molecule has 0 saturated carbocycles. The quantitative estimate of drug-likeness (QED) is 0.168. The van der Waals surface area contributed by atoms with Crippen molar-refractivity contribution in [3.05, 3.63) is 169 Å². The van der Waals surface area contributed by atoms with Crippen LogP contribution in [0.2, 0.25) is 0 Å². The Hall–Kier alpha value is -4.17. The molecule has 0 aliphatic heterocycles. The summed E-state index contributed by atoms with van der Waals surface area (Å²) in [6.07, 6.45) is 3.62. The number of rotatable bonds is 5. The predicted molar refractivity (Wildman–Crippen MR) is 161 cm³/mol. The molecule has 40 heavy (non-hydrogen) atoms. The van der Waals surface area contributed by atoms with E-state index in [0.29, 0.717) is 0 Å². The molecule has 0 fully saturated rings. The maximum atomic E-state index is 4.41. The fourth-order valence-corrected chi connectivity index (χ4v) is 4.49. The van der Waals surface area contributed by atoms with Crippen molar-refractivity contribution in [3.63, 3.8) is 0 Å². The van der Waals surface area contributed by atoms with Crippen LogP contribution in [0.1, 0.15) is 25.0 Å². The number of hydrogen-bond acceptors (Lipinski definition) is 2. The maximum absolute atomic E-state index is 4.41. The van der Waals surface area contributed by atoms with Gasteiger partial charge in [-0.1, -0.05) is 98.8 Å². The van der Waals surface area contributed by atoms with E-state index in [1.807, 2.05) is 72.9 Å². The van der Waals surface area contributed by atoms with Crippen molar-refractivity contribution >= 4 is 0 Å². The topological polar surface area (TPSA) is 25.8 Å². The van der Waals surface area contributed by atoms with Crippen molar-refractivity contribution < 1.29 is 20.1 Å². The minimum atomic E-state index is -0.0418.